The number of carbonyl (C=O) groups is 3. The highest BCUT2D eigenvalue weighted by atomic mass is 16.5. The predicted molar refractivity (Wildman–Crippen MR) is 114 cm³/mol. The van der Waals surface area contributed by atoms with Crippen LogP contribution in [0.4, 0.5) is 0 Å². The number of imide groups is 1. The van der Waals surface area contributed by atoms with Gasteiger partial charge in [-0.2, -0.15) is 0 Å². The van der Waals surface area contributed by atoms with Crippen LogP contribution in [0.2, 0.25) is 0 Å². The lowest BCUT2D eigenvalue weighted by atomic mass is 9.75. The topological polar surface area (TPSA) is 76.2 Å². The van der Waals surface area contributed by atoms with Crippen molar-refractivity contribution in [3.63, 3.8) is 0 Å². The van der Waals surface area contributed by atoms with Crippen molar-refractivity contribution in [1.82, 2.24) is 9.80 Å². The minimum absolute atomic E-state index is 0.0600. The number of ether oxygens (including phenoxy) is 2. The molecular formula is C23H32N2O5. The van der Waals surface area contributed by atoms with Crippen LogP contribution in [0, 0.1) is 0 Å². The molecule has 3 amide bonds. The lowest BCUT2D eigenvalue weighted by Crippen LogP contribution is -2.44. The summed E-state index contributed by atoms with van der Waals surface area (Å²) in [5.74, 6) is -0.329. The first-order chi connectivity index (χ1) is 14.3. The van der Waals surface area contributed by atoms with E-state index in [1.54, 1.807) is 36.3 Å². The van der Waals surface area contributed by atoms with Crippen molar-refractivity contribution in [2.24, 2.45) is 0 Å². The summed E-state index contributed by atoms with van der Waals surface area (Å²) in [5.41, 5.74) is 0.141. The fourth-order valence-corrected chi connectivity index (χ4v) is 3.95. The third-order valence-corrected chi connectivity index (χ3v) is 5.41. The highest BCUT2D eigenvalue weighted by Crippen LogP contribution is 2.44. The Morgan fingerprint density at radius 3 is 2.57 bits per heavy atom. The van der Waals surface area contributed by atoms with Gasteiger partial charge in [-0.05, 0) is 26.3 Å². The summed E-state index contributed by atoms with van der Waals surface area (Å²) < 4.78 is 10.5. The second-order valence-corrected chi connectivity index (χ2v) is 7.70. The van der Waals surface area contributed by atoms with Gasteiger partial charge in [-0.3, -0.25) is 19.3 Å². The van der Waals surface area contributed by atoms with E-state index in [-0.39, 0.29) is 37.1 Å². The summed E-state index contributed by atoms with van der Waals surface area (Å²) in [6.07, 6.45) is 0.385. The van der Waals surface area contributed by atoms with E-state index in [2.05, 4.69) is 6.58 Å². The fourth-order valence-electron chi connectivity index (χ4n) is 3.95. The Balaban J connectivity index is 2.47. The van der Waals surface area contributed by atoms with Crippen molar-refractivity contribution < 1.29 is 23.9 Å². The van der Waals surface area contributed by atoms with Gasteiger partial charge in [-0.15, -0.1) is 0 Å². The number of rotatable bonds is 11. The van der Waals surface area contributed by atoms with Crippen molar-refractivity contribution in [3.05, 3.63) is 42.0 Å². The molecule has 1 heterocycles. The van der Waals surface area contributed by atoms with Crippen LogP contribution in [-0.4, -0.2) is 68.0 Å². The Hall–Kier alpha value is -2.67. The average Bonchev–Trinajstić information content (AvgIpc) is 2.96. The van der Waals surface area contributed by atoms with E-state index >= 15 is 0 Å². The van der Waals surface area contributed by atoms with Crippen LogP contribution < -0.4 is 4.74 Å². The monoisotopic (exact) mass is 416 g/mol. The van der Waals surface area contributed by atoms with Gasteiger partial charge < -0.3 is 14.4 Å². The lowest BCUT2D eigenvalue weighted by molar-refractivity contribution is -0.142. The molecule has 1 atom stereocenters. The van der Waals surface area contributed by atoms with E-state index in [4.69, 9.17) is 9.47 Å². The molecule has 0 N–H and O–H groups in total. The number of hydrogen-bond donors (Lipinski definition) is 0. The smallest absolute Gasteiger partial charge is 0.241 e. The lowest BCUT2D eigenvalue weighted by Gasteiger charge is -2.31. The maximum absolute atomic E-state index is 13.6. The number of carbonyl (C=O) groups excluding carboxylic acids is 3. The number of amides is 3. The molecule has 1 saturated heterocycles. The van der Waals surface area contributed by atoms with Gasteiger partial charge >= 0.3 is 0 Å². The molecule has 30 heavy (non-hydrogen) atoms. The largest absolute Gasteiger partial charge is 0.496 e. The molecule has 1 fully saturated rings. The second kappa shape index (κ2) is 10.4. The zero-order valence-electron chi connectivity index (χ0n) is 18.4. The first-order valence-electron chi connectivity index (χ1n) is 10.2. The van der Waals surface area contributed by atoms with Crippen LogP contribution in [-0.2, 0) is 24.5 Å². The first-order valence-corrected chi connectivity index (χ1v) is 10.2. The zero-order valence-corrected chi connectivity index (χ0v) is 18.4. The van der Waals surface area contributed by atoms with E-state index in [1.807, 2.05) is 13.8 Å². The number of benzene rings is 1. The maximum atomic E-state index is 13.6. The fraction of sp³-hybridized carbons (Fsp3) is 0.522. The molecule has 2 rings (SSSR count). The zero-order chi connectivity index (χ0) is 22.3. The standard InChI is InChI=1S/C23H32N2O5/c1-6-24(16-17(2)3)20(26)14-23(18-10-7-8-11-19(18)30-5)15-21(27)25(22(23)28)12-9-13-29-4/h7-8,10-11H,2,6,9,12-16H2,1,3-5H3/t23-/m1/s1. The van der Waals surface area contributed by atoms with Gasteiger partial charge in [0.1, 0.15) is 5.75 Å². The molecule has 1 aromatic carbocycles. The molecule has 0 unspecified atom stereocenters. The molecule has 7 heteroatoms. The van der Waals surface area contributed by atoms with Crippen LogP contribution in [0.5, 0.6) is 5.75 Å². The number of hydrogen-bond acceptors (Lipinski definition) is 5. The molecule has 0 spiro atoms. The summed E-state index contributed by atoms with van der Waals surface area (Å²) in [5, 5.41) is 0. The summed E-state index contributed by atoms with van der Waals surface area (Å²) in [6.45, 7) is 9.24. The molecule has 0 aliphatic carbocycles. The van der Waals surface area contributed by atoms with Gasteiger partial charge in [0.05, 0.1) is 12.5 Å². The van der Waals surface area contributed by atoms with Crippen LogP contribution >= 0.6 is 0 Å². The molecule has 1 aliphatic heterocycles. The summed E-state index contributed by atoms with van der Waals surface area (Å²) in [6, 6.07) is 7.11. The molecule has 0 radical (unpaired) electrons. The maximum Gasteiger partial charge on any atom is 0.241 e. The van der Waals surface area contributed by atoms with Gasteiger partial charge in [-0.1, -0.05) is 30.4 Å². The van der Waals surface area contributed by atoms with Gasteiger partial charge in [0.15, 0.2) is 0 Å². The van der Waals surface area contributed by atoms with Crippen LogP contribution in [0.1, 0.15) is 38.7 Å². The first kappa shape index (κ1) is 23.6. The number of para-hydroxylation sites is 1. The number of nitrogens with zero attached hydrogens (tertiary/aromatic N) is 2. The van der Waals surface area contributed by atoms with Crippen molar-refractivity contribution >= 4 is 17.7 Å². The van der Waals surface area contributed by atoms with Gasteiger partial charge in [-0.25, -0.2) is 0 Å². The summed E-state index contributed by atoms with van der Waals surface area (Å²) >= 11 is 0. The van der Waals surface area contributed by atoms with E-state index in [0.717, 1.165) is 5.57 Å². The predicted octanol–water partition coefficient (Wildman–Crippen LogP) is 2.54. The quantitative estimate of drug-likeness (QED) is 0.315. The molecule has 0 aromatic heterocycles. The van der Waals surface area contributed by atoms with Crippen LogP contribution in [0.3, 0.4) is 0 Å². The number of likely N-dealkylation sites (tertiary alicyclic amines) is 1. The van der Waals surface area contributed by atoms with Crippen molar-refractivity contribution in [1.29, 1.82) is 0 Å². The Morgan fingerprint density at radius 1 is 1.27 bits per heavy atom. The number of likely N-dealkylation sites (N-methyl/N-ethyl adjacent to an activating group) is 1. The van der Waals surface area contributed by atoms with E-state index in [1.165, 1.54) is 12.0 Å². The Bertz CT molecular complexity index is 807. The minimum atomic E-state index is -1.28. The van der Waals surface area contributed by atoms with Crippen molar-refractivity contribution in [2.75, 3.05) is 40.5 Å². The average molecular weight is 417 g/mol. The Morgan fingerprint density at radius 2 is 1.97 bits per heavy atom. The molecule has 0 saturated carbocycles. The van der Waals surface area contributed by atoms with E-state index in [9.17, 15) is 14.4 Å². The SMILES string of the molecule is C=C(C)CN(CC)C(=O)C[C@]1(c2ccccc2OC)CC(=O)N(CCCOC)C1=O. The number of methoxy groups -OCH3 is 2. The summed E-state index contributed by atoms with van der Waals surface area (Å²) in [4.78, 5) is 42.6. The molecule has 1 aromatic rings. The van der Waals surface area contributed by atoms with Crippen molar-refractivity contribution in [3.8, 4) is 5.75 Å². The van der Waals surface area contributed by atoms with Gasteiger partial charge in [0.25, 0.3) is 0 Å². The second-order valence-electron chi connectivity index (χ2n) is 7.70. The van der Waals surface area contributed by atoms with E-state index < -0.39 is 5.41 Å². The Kier molecular flexibility index (Phi) is 8.17. The van der Waals surface area contributed by atoms with Crippen molar-refractivity contribution in [2.45, 2.75) is 38.5 Å². The minimum Gasteiger partial charge on any atom is -0.496 e. The van der Waals surface area contributed by atoms with Crippen LogP contribution in [0.15, 0.2) is 36.4 Å². The summed E-state index contributed by atoms with van der Waals surface area (Å²) in [7, 11) is 3.09. The third-order valence-electron chi connectivity index (χ3n) is 5.41. The van der Waals surface area contributed by atoms with Gasteiger partial charge in [0.2, 0.25) is 17.7 Å². The van der Waals surface area contributed by atoms with Gasteiger partial charge in [0, 0.05) is 51.8 Å². The third kappa shape index (κ3) is 4.90. The molecule has 7 nitrogen and oxygen atoms in total. The normalized spacial score (nSPS) is 18.6. The molecule has 1 aliphatic rings. The molecular weight excluding hydrogens is 384 g/mol. The molecule has 164 valence electrons. The van der Waals surface area contributed by atoms with E-state index in [0.29, 0.717) is 37.4 Å². The highest BCUT2D eigenvalue weighted by molar-refractivity contribution is 6.11. The highest BCUT2D eigenvalue weighted by Gasteiger charge is 2.55. The van der Waals surface area contributed by atoms with Crippen LogP contribution in [0.25, 0.3) is 0 Å². The Labute approximate surface area is 178 Å². The molecule has 0 bridgehead atoms.